The molecule has 3 N–H and O–H groups in total. The second-order valence-electron chi connectivity index (χ2n) is 3.55. The van der Waals surface area contributed by atoms with Gasteiger partial charge in [0.05, 0.1) is 0 Å². The number of hydrogen-bond donors (Lipinski definition) is 3. The quantitative estimate of drug-likeness (QED) is 0.631. The van der Waals surface area contributed by atoms with Crippen LogP contribution >= 0.6 is 11.8 Å². The summed E-state index contributed by atoms with van der Waals surface area (Å²) in [5.41, 5.74) is 0. The van der Waals surface area contributed by atoms with Crippen LogP contribution in [-0.2, 0) is 9.59 Å². The van der Waals surface area contributed by atoms with Crippen molar-refractivity contribution in [2.75, 3.05) is 12.8 Å². The summed E-state index contributed by atoms with van der Waals surface area (Å²) in [7, 11) is 0. The van der Waals surface area contributed by atoms with Crippen molar-refractivity contribution in [2.24, 2.45) is 0 Å². The molecule has 17 heavy (non-hydrogen) atoms. The molecule has 0 rings (SSSR count). The number of nitrogens with one attached hydrogen (secondary N) is 2. The maximum absolute atomic E-state index is 11.2. The van der Waals surface area contributed by atoms with E-state index in [0.717, 1.165) is 0 Å². The number of thioether (sulfide) groups is 1. The van der Waals surface area contributed by atoms with Crippen LogP contribution in [0.3, 0.4) is 0 Å². The third-order valence-corrected chi connectivity index (χ3v) is 2.97. The Morgan fingerprint density at radius 2 is 1.94 bits per heavy atom. The van der Waals surface area contributed by atoms with Crippen LogP contribution in [0.2, 0.25) is 0 Å². The van der Waals surface area contributed by atoms with E-state index in [2.05, 4.69) is 10.6 Å². The second-order valence-corrected chi connectivity index (χ2v) is 4.83. The van der Waals surface area contributed by atoms with Crippen molar-refractivity contribution < 1.29 is 19.5 Å². The minimum absolute atomic E-state index is 0.0395. The standard InChI is InChI=1S/C10H18N2O4S/c1-7(17-2)6-11-10(16)12-8(13)4-3-5-9(14)15/h7H,3-6H2,1-2H3,(H,14,15)(H2,11,12,13,16). The number of hydrogen-bond acceptors (Lipinski definition) is 4. The van der Waals surface area contributed by atoms with Gasteiger partial charge in [-0.15, -0.1) is 0 Å². The number of urea groups is 1. The van der Waals surface area contributed by atoms with E-state index in [-0.39, 0.29) is 24.5 Å². The summed E-state index contributed by atoms with van der Waals surface area (Å²) in [5, 5.41) is 13.3. The molecule has 0 aliphatic rings. The smallest absolute Gasteiger partial charge is 0.321 e. The number of rotatable bonds is 7. The van der Waals surface area contributed by atoms with Crippen LogP contribution in [0.5, 0.6) is 0 Å². The Morgan fingerprint density at radius 3 is 2.47 bits per heavy atom. The number of carboxylic acid groups (broad SMARTS) is 1. The predicted molar refractivity (Wildman–Crippen MR) is 66.0 cm³/mol. The fraction of sp³-hybridized carbons (Fsp3) is 0.700. The summed E-state index contributed by atoms with van der Waals surface area (Å²) in [6.07, 6.45) is 2.13. The minimum atomic E-state index is -0.948. The molecule has 0 heterocycles. The zero-order valence-electron chi connectivity index (χ0n) is 9.99. The molecule has 0 fully saturated rings. The van der Waals surface area contributed by atoms with E-state index < -0.39 is 17.9 Å². The van der Waals surface area contributed by atoms with Crippen LogP contribution in [-0.4, -0.2) is 41.1 Å². The zero-order valence-corrected chi connectivity index (χ0v) is 10.8. The summed E-state index contributed by atoms with van der Waals surface area (Å²) in [4.78, 5) is 32.6. The molecule has 0 aliphatic heterocycles. The molecule has 0 bridgehead atoms. The van der Waals surface area contributed by atoms with Gasteiger partial charge in [-0.2, -0.15) is 11.8 Å². The third kappa shape index (κ3) is 9.68. The predicted octanol–water partition coefficient (Wildman–Crippen LogP) is 0.819. The lowest BCUT2D eigenvalue weighted by atomic mass is 10.2. The van der Waals surface area contributed by atoms with E-state index in [0.29, 0.717) is 6.54 Å². The molecule has 7 heteroatoms. The molecule has 0 aliphatic carbocycles. The van der Waals surface area contributed by atoms with Gasteiger partial charge < -0.3 is 10.4 Å². The topological polar surface area (TPSA) is 95.5 Å². The van der Waals surface area contributed by atoms with Crippen molar-refractivity contribution in [3.05, 3.63) is 0 Å². The van der Waals surface area contributed by atoms with Gasteiger partial charge in [-0.1, -0.05) is 6.92 Å². The van der Waals surface area contributed by atoms with Gasteiger partial charge in [0.15, 0.2) is 0 Å². The van der Waals surface area contributed by atoms with Crippen molar-refractivity contribution >= 4 is 29.7 Å². The lowest BCUT2D eigenvalue weighted by Gasteiger charge is -2.10. The Bertz CT molecular complexity index is 283. The summed E-state index contributed by atoms with van der Waals surface area (Å²) in [6, 6.07) is -0.536. The van der Waals surface area contributed by atoms with Gasteiger partial charge in [0, 0.05) is 24.6 Å². The van der Waals surface area contributed by atoms with Crippen molar-refractivity contribution in [3.63, 3.8) is 0 Å². The highest BCUT2D eigenvalue weighted by molar-refractivity contribution is 7.99. The fourth-order valence-electron chi connectivity index (χ4n) is 0.953. The number of imide groups is 1. The lowest BCUT2D eigenvalue weighted by Crippen LogP contribution is -2.41. The Morgan fingerprint density at radius 1 is 1.29 bits per heavy atom. The van der Waals surface area contributed by atoms with Gasteiger partial charge in [-0.05, 0) is 12.7 Å². The van der Waals surface area contributed by atoms with Gasteiger partial charge in [0.2, 0.25) is 5.91 Å². The van der Waals surface area contributed by atoms with Crippen molar-refractivity contribution in [1.82, 2.24) is 10.6 Å². The van der Waals surface area contributed by atoms with E-state index in [4.69, 9.17) is 5.11 Å². The van der Waals surface area contributed by atoms with Gasteiger partial charge in [0.1, 0.15) is 0 Å². The average molecular weight is 262 g/mol. The molecule has 1 atom stereocenters. The molecule has 0 saturated carbocycles. The molecule has 0 saturated heterocycles. The minimum Gasteiger partial charge on any atom is -0.481 e. The maximum Gasteiger partial charge on any atom is 0.321 e. The number of amides is 3. The summed E-state index contributed by atoms with van der Waals surface area (Å²) in [6.45, 7) is 2.44. The Labute approximate surface area is 105 Å². The van der Waals surface area contributed by atoms with Crippen LogP contribution < -0.4 is 10.6 Å². The molecular weight excluding hydrogens is 244 g/mol. The highest BCUT2D eigenvalue weighted by Crippen LogP contribution is 2.02. The first-order valence-electron chi connectivity index (χ1n) is 5.28. The molecule has 0 aromatic rings. The van der Waals surface area contributed by atoms with Crippen LogP contribution in [0.1, 0.15) is 26.2 Å². The summed E-state index contributed by atoms with van der Waals surface area (Å²) >= 11 is 1.61. The first-order valence-corrected chi connectivity index (χ1v) is 6.56. The van der Waals surface area contributed by atoms with Gasteiger partial charge in [-0.25, -0.2) is 4.79 Å². The molecular formula is C10H18N2O4S. The van der Waals surface area contributed by atoms with Gasteiger partial charge >= 0.3 is 12.0 Å². The Hall–Kier alpha value is -1.24. The summed E-state index contributed by atoms with van der Waals surface area (Å²) < 4.78 is 0. The first-order chi connectivity index (χ1) is 7.95. The SMILES string of the molecule is CSC(C)CNC(=O)NC(=O)CCCC(=O)O. The van der Waals surface area contributed by atoms with Crippen LogP contribution in [0, 0.1) is 0 Å². The highest BCUT2D eigenvalue weighted by atomic mass is 32.2. The van der Waals surface area contributed by atoms with Crippen molar-refractivity contribution in [2.45, 2.75) is 31.4 Å². The molecule has 3 amide bonds. The molecule has 0 radical (unpaired) electrons. The van der Waals surface area contributed by atoms with Crippen molar-refractivity contribution in [3.8, 4) is 0 Å². The number of carbonyl (C=O) groups is 3. The monoisotopic (exact) mass is 262 g/mol. The van der Waals surface area contributed by atoms with Gasteiger partial charge in [-0.3, -0.25) is 14.9 Å². The number of carbonyl (C=O) groups excluding carboxylic acids is 2. The first kappa shape index (κ1) is 15.8. The fourth-order valence-corrected chi connectivity index (χ4v) is 1.20. The largest absolute Gasteiger partial charge is 0.481 e. The lowest BCUT2D eigenvalue weighted by molar-refractivity contribution is -0.137. The third-order valence-electron chi connectivity index (χ3n) is 2.00. The second kappa shape index (κ2) is 8.86. The van der Waals surface area contributed by atoms with Crippen LogP contribution in [0.15, 0.2) is 0 Å². The molecule has 0 spiro atoms. The van der Waals surface area contributed by atoms with E-state index >= 15 is 0 Å². The number of carboxylic acids is 1. The highest BCUT2D eigenvalue weighted by Gasteiger charge is 2.09. The van der Waals surface area contributed by atoms with Crippen LogP contribution in [0.25, 0.3) is 0 Å². The maximum atomic E-state index is 11.2. The Balaban J connectivity index is 3.66. The number of aliphatic carboxylic acids is 1. The Kier molecular flexibility index (Phi) is 8.21. The zero-order chi connectivity index (χ0) is 13.3. The normalized spacial score (nSPS) is 11.6. The van der Waals surface area contributed by atoms with Crippen molar-refractivity contribution in [1.29, 1.82) is 0 Å². The van der Waals surface area contributed by atoms with E-state index in [9.17, 15) is 14.4 Å². The van der Waals surface area contributed by atoms with E-state index in [1.807, 2.05) is 13.2 Å². The molecule has 98 valence electrons. The average Bonchev–Trinajstić information content (AvgIpc) is 2.25. The van der Waals surface area contributed by atoms with E-state index in [1.165, 1.54) is 0 Å². The van der Waals surface area contributed by atoms with Gasteiger partial charge in [0.25, 0.3) is 0 Å². The molecule has 0 aromatic heterocycles. The molecule has 1 unspecified atom stereocenters. The van der Waals surface area contributed by atoms with E-state index in [1.54, 1.807) is 11.8 Å². The van der Waals surface area contributed by atoms with Crippen LogP contribution in [0.4, 0.5) is 4.79 Å². The summed E-state index contributed by atoms with van der Waals surface area (Å²) in [5.74, 6) is -1.41. The molecule has 6 nitrogen and oxygen atoms in total. The molecule has 0 aromatic carbocycles.